The van der Waals surface area contributed by atoms with Gasteiger partial charge in [0.2, 0.25) is 0 Å². The SMILES string of the molecule is NO.NO.Nc1c([N+](=O)[O-])c(O)c([N+](=O)[O-])c(O)c1[N+](=O)[O-]. The first-order valence-corrected chi connectivity index (χ1v) is 4.52. The normalized spacial score (nSPS) is 8.73. The molecule has 1 rings (SSSR count). The standard InChI is InChI=1S/C6H4N4O8.2H3NO/c7-1-2(8(13)14)5(11)4(10(17)18)6(12)3(1)9(15)16;2*1-2/h11-12H,7H2;2*2H,1H2. The lowest BCUT2D eigenvalue weighted by molar-refractivity contribution is -0.404. The zero-order valence-corrected chi connectivity index (χ0v) is 10.3. The van der Waals surface area contributed by atoms with Gasteiger partial charge in [0.25, 0.3) is 11.5 Å². The van der Waals surface area contributed by atoms with Crippen LogP contribution in [0.25, 0.3) is 0 Å². The van der Waals surface area contributed by atoms with E-state index >= 15 is 0 Å². The molecule has 16 heteroatoms. The maximum absolute atomic E-state index is 10.5. The Morgan fingerprint density at radius 1 is 0.682 bits per heavy atom. The molecule has 0 saturated heterocycles. The largest absolute Gasteiger partial charge is 0.497 e. The van der Waals surface area contributed by atoms with Crippen molar-refractivity contribution in [2.24, 2.45) is 11.8 Å². The Bertz CT molecular complexity index is 486. The number of hydrogen-bond donors (Lipinski definition) is 7. The quantitative estimate of drug-likeness (QED) is 0.201. The van der Waals surface area contributed by atoms with Crippen LogP contribution in [0.15, 0.2) is 0 Å². The Morgan fingerprint density at radius 2 is 0.909 bits per heavy atom. The van der Waals surface area contributed by atoms with E-state index in [-0.39, 0.29) is 0 Å². The number of nitro benzene ring substituents is 3. The van der Waals surface area contributed by atoms with Gasteiger partial charge in [-0.1, -0.05) is 0 Å². The third-order valence-electron chi connectivity index (χ3n) is 1.96. The molecular formula is C6H10N6O10. The predicted octanol–water partition coefficient (Wildman–Crippen LogP) is -0.927. The minimum atomic E-state index is -1.55. The van der Waals surface area contributed by atoms with Gasteiger partial charge in [-0.3, -0.25) is 30.3 Å². The summed E-state index contributed by atoms with van der Waals surface area (Å²) < 4.78 is 0. The van der Waals surface area contributed by atoms with Crippen LogP contribution in [0.5, 0.6) is 11.5 Å². The molecule has 22 heavy (non-hydrogen) atoms. The summed E-state index contributed by atoms with van der Waals surface area (Å²) in [5.41, 5.74) is -0.520. The average molecular weight is 326 g/mol. The maximum atomic E-state index is 10.5. The Balaban J connectivity index is 0. The van der Waals surface area contributed by atoms with Crippen molar-refractivity contribution in [3.63, 3.8) is 0 Å². The molecule has 0 heterocycles. The summed E-state index contributed by atoms with van der Waals surface area (Å²) in [6.45, 7) is 0. The van der Waals surface area contributed by atoms with E-state index in [0.717, 1.165) is 0 Å². The predicted molar refractivity (Wildman–Crippen MR) is 66.1 cm³/mol. The molecule has 10 N–H and O–H groups in total. The number of anilines is 1. The van der Waals surface area contributed by atoms with Crippen molar-refractivity contribution < 1.29 is 35.4 Å². The van der Waals surface area contributed by atoms with Crippen LogP contribution in [0.2, 0.25) is 0 Å². The number of nitrogens with zero attached hydrogens (tertiary/aromatic N) is 3. The van der Waals surface area contributed by atoms with Crippen LogP contribution in [0.1, 0.15) is 0 Å². The van der Waals surface area contributed by atoms with Gasteiger partial charge in [-0.2, -0.15) is 0 Å². The van der Waals surface area contributed by atoms with Crippen LogP contribution >= 0.6 is 0 Å². The lowest BCUT2D eigenvalue weighted by Crippen LogP contribution is -2.04. The van der Waals surface area contributed by atoms with Gasteiger partial charge in [0, 0.05) is 0 Å². The highest BCUT2D eigenvalue weighted by atomic mass is 16.6. The van der Waals surface area contributed by atoms with Crippen molar-refractivity contribution in [2.75, 3.05) is 5.73 Å². The van der Waals surface area contributed by atoms with E-state index in [1.807, 2.05) is 0 Å². The molecule has 1 aromatic carbocycles. The number of nitro groups is 3. The zero-order valence-electron chi connectivity index (χ0n) is 10.3. The second-order valence-corrected chi connectivity index (χ2v) is 2.93. The summed E-state index contributed by atoms with van der Waals surface area (Å²) in [6, 6.07) is 0. The van der Waals surface area contributed by atoms with Crippen molar-refractivity contribution in [2.45, 2.75) is 0 Å². The van der Waals surface area contributed by atoms with Crippen LogP contribution in [0.4, 0.5) is 22.7 Å². The topological polar surface area (TPSA) is 288 Å². The summed E-state index contributed by atoms with van der Waals surface area (Å²) in [4.78, 5) is 27.5. The summed E-state index contributed by atoms with van der Waals surface area (Å²) >= 11 is 0. The van der Waals surface area contributed by atoms with Crippen LogP contribution in [-0.4, -0.2) is 35.4 Å². The summed E-state index contributed by atoms with van der Waals surface area (Å²) in [5, 5.41) is 63.1. The highest BCUT2D eigenvalue weighted by molar-refractivity contribution is 5.87. The molecule has 0 saturated carbocycles. The van der Waals surface area contributed by atoms with E-state index in [0.29, 0.717) is 0 Å². The van der Waals surface area contributed by atoms with Crippen molar-refractivity contribution in [1.29, 1.82) is 0 Å². The van der Waals surface area contributed by atoms with Gasteiger partial charge in [0.1, 0.15) is 0 Å². The Labute approximate surface area is 119 Å². The second-order valence-electron chi connectivity index (χ2n) is 2.93. The lowest BCUT2D eigenvalue weighted by Gasteiger charge is -2.04. The van der Waals surface area contributed by atoms with Gasteiger partial charge in [0.15, 0.2) is 5.69 Å². The summed E-state index contributed by atoms with van der Waals surface area (Å²) in [5.74, 6) is 3.90. The molecular weight excluding hydrogens is 316 g/mol. The van der Waals surface area contributed by atoms with Gasteiger partial charge in [-0.25, -0.2) is 11.8 Å². The average Bonchev–Trinajstić information content (AvgIpc) is 2.41. The van der Waals surface area contributed by atoms with E-state index in [2.05, 4.69) is 11.8 Å². The Hall–Kier alpha value is -3.34. The Kier molecular flexibility index (Phi) is 8.35. The lowest BCUT2D eigenvalue weighted by atomic mass is 10.1. The van der Waals surface area contributed by atoms with Gasteiger partial charge in [-0.15, -0.1) is 0 Å². The molecule has 1 aromatic rings. The van der Waals surface area contributed by atoms with Crippen LogP contribution in [0, 0.1) is 30.3 Å². The van der Waals surface area contributed by atoms with E-state index < -0.39 is 49.0 Å². The minimum absolute atomic E-state index is 1.18. The zero-order chi connectivity index (χ0) is 18.2. The van der Waals surface area contributed by atoms with E-state index in [1.165, 1.54) is 0 Å². The number of aromatic hydroxyl groups is 2. The molecule has 0 bridgehead atoms. The molecule has 0 aliphatic heterocycles. The molecule has 0 atom stereocenters. The molecule has 0 unspecified atom stereocenters. The molecule has 0 fully saturated rings. The van der Waals surface area contributed by atoms with E-state index in [4.69, 9.17) is 16.1 Å². The number of nitrogen functional groups attached to an aromatic ring is 1. The van der Waals surface area contributed by atoms with Crippen LogP contribution in [-0.2, 0) is 0 Å². The maximum Gasteiger partial charge on any atom is 0.366 e. The third kappa shape index (κ3) is 3.83. The van der Waals surface area contributed by atoms with Crippen LogP contribution < -0.4 is 17.5 Å². The number of hydrogen-bond acceptors (Lipinski definition) is 13. The third-order valence-corrected chi connectivity index (χ3v) is 1.96. The summed E-state index contributed by atoms with van der Waals surface area (Å²) in [7, 11) is 0. The fraction of sp³-hybridized carbons (Fsp3) is 0. The van der Waals surface area contributed by atoms with Gasteiger partial charge in [-0.05, 0) is 0 Å². The molecule has 0 amide bonds. The first kappa shape index (κ1) is 21.0. The molecule has 124 valence electrons. The smallest absolute Gasteiger partial charge is 0.366 e. The number of nitrogens with two attached hydrogens (primary N) is 3. The van der Waals surface area contributed by atoms with Crippen molar-refractivity contribution in [1.82, 2.24) is 0 Å². The van der Waals surface area contributed by atoms with Gasteiger partial charge >= 0.3 is 17.1 Å². The molecule has 0 aliphatic carbocycles. The summed E-state index contributed by atoms with van der Waals surface area (Å²) in [6.07, 6.45) is 0. The van der Waals surface area contributed by atoms with Crippen molar-refractivity contribution in [3.05, 3.63) is 30.3 Å². The number of phenols is 2. The first-order valence-electron chi connectivity index (χ1n) is 4.52. The fourth-order valence-electron chi connectivity index (χ4n) is 1.25. The number of benzene rings is 1. The highest BCUT2D eigenvalue weighted by Crippen LogP contribution is 2.52. The van der Waals surface area contributed by atoms with E-state index in [9.17, 15) is 40.6 Å². The van der Waals surface area contributed by atoms with Crippen LogP contribution in [0.3, 0.4) is 0 Å². The van der Waals surface area contributed by atoms with Crippen molar-refractivity contribution in [3.8, 4) is 11.5 Å². The Morgan fingerprint density at radius 3 is 1.09 bits per heavy atom. The van der Waals surface area contributed by atoms with Crippen molar-refractivity contribution >= 4 is 22.7 Å². The fourth-order valence-corrected chi connectivity index (χ4v) is 1.25. The second kappa shape index (κ2) is 8.76. The molecule has 0 aliphatic rings. The molecule has 0 spiro atoms. The van der Waals surface area contributed by atoms with Gasteiger partial charge < -0.3 is 26.4 Å². The monoisotopic (exact) mass is 326 g/mol. The molecule has 0 aromatic heterocycles. The number of rotatable bonds is 3. The molecule has 16 nitrogen and oxygen atoms in total. The van der Waals surface area contributed by atoms with E-state index in [1.54, 1.807) is 0 Å². The first-order chi connectivity index (χ1) is 10.2. The van der Waals surface area contributed by atoms with Gasteiger partial charge in [0.05, 0.1) is 14.8 Å². The minimum Gasteiger partial charge on any atom is -0.497 e. The molecule has 0 radical (unpaired) electrons. The number of phenolic OH excluding ortho intramolecular Hbond substituents is 2. The highest BCUT2D eigenvalue weighted by Gasteiger charge is 2.41.